The van der Waals surface area contributed by atoms with Crippen molar-refractivity contribution in [3.05, 3.63) is 34.9 Å². The SMILES string of the molecule is CCOC(=O)C(N)c1cccc(Cl)c1. The van der Waals surface area contributed by atoms with E-state index in [1.807, 2.05) is 0 Å². The van der Waals surface area contributed by atoms with Gasteiger partial charge in [0.2, 0.25) is 0 Å². The summed E-state index contributed by atoms with van der Waals surface area (Å²) in [6.07, 6.45) is 0. The average molecular weight is 214 g/mol. The van der Waals surface area contributed by atoms with E-state index in [9.17, 15) is 4.79 Å². The first-order chi connectivity index (χ1) is 6.65. The van der Waals surface area contributed by atoms with Crippen molar-refractivity contribution < 1.29 is 9.53 Å². The predicted molar refractivity (Wildman–Crippen MR) is 55.0 cm³/mol. The topological polar surface area (TPSA) is 52.3 Å². The minimum Gasteiger partial charge on any atom is -0.465 e. The van der Waals surface area contributed by atoms with E-state index >= 15 is 0 Å². The molecule has 0 saturated carbocycles. The highest BCUT2D eigenvalue weighted by molar-refractivity contribution is 6.30. The van der Waals surface area contributed by atoms with E-state index in [1.165, 1.54) is 0 Å². The van der Waals surface area contributed by atoms with Crippen LogP contribution in [0.4, 0.5) is 0 Å². The van der Waals surface area contributed by atoms with Crippen molar-refractivity contribution in [3.8, 4) is 0 Å². The summed E-state index contributed by atoms with van der Waals surface area (Å²) in [6, 6.07) is 6.12. The molecule has 0 aliphatic rings. The summed E-state index contributed by atoms with van der Waals surface area (Å²) < 4.78 is 4.79. The number of hydrogen-bond donors (Lipinski definition) is 1. The van der Waals surface area contributed by atoms with Crippen LogP contribution >= 0.6 is 11.6 Å². The molecule has 0 aliphatic carbocycles. The lowest BCUT2D eigenvalue weighted by Crippen LogP contribution is -2.23. The smallest absolute Gasteiger partial charge is 0.327 e. The van der Waals surface area contributed by atoms with Crippen molar-refractivity contribution in [2.45, 2.75) is 13.0 Å². The number of nitrogens with two attached hydrogens (primary N) is 1. The maximum Gasteiger partial charge on any atom is 0.327 e. The fourth-order valence-corrected chi connectivity index (χ4v) is 1.27. The van der Waals surface area contributed by atoms with Gasteiger partial charge in [0, 0.05) is 5.02 Å². The Bertz CT molecular complexity index is 328. The first-order valence-electron chi connectivity index (χ1n) is 4.33. The minimum absolute atomic E-state index is 0.326. The highest BCUT2D eigenvalue weighted by Crippen LogP contribution is 2.16. The molecule has 1 rings (SSSR count). The highest BCUT2D eigenvalue weighted by Gasteiger charge is 2.16. The van der Waals surface area contributed by atoms with Gasteiger partial charge in [0.25, 0.3) is 0 Å². The van der Waals surface area contributed by atoms with E-state index < -0.39 is 12.0 Å². The summed E-state index contributed by atoms with van der Waals surface area (Å²) in [5, 5.41) is 0.558. The fraction of sp³-hybridized carbons (Fsp3) is 0.300. The van der Waals surface area contributed by atoms with Crippen molar-refractivity contribution in [1.29, 1.82) is 0 Å². The number of esters is 1. The highest BCUT2D eigenvalue weighted by atomic mass is 35.5. The van der Waals surface area contributed by atoms with Crippen LogP contribution in [0.5, 0.6) is 0 Å². The van der Waals surface area contributed by atoms with Crippen molar-refractivity contribution in [1.82, 2.24) is 0 Å². The van der Waals surface area contributed by atoms with Gasteiger partial charge in [-0.15, -0.1) is 0 Å². The molecule has 0 radical (unpaired) electrons. The second kappa shape index (κ2) is 4.98. The lowest BCUT2D eigenvalue weighted by Gasteiger charge is -2.10. The molecule has 4 heteroatoms. The maximum absolute atomic E-state index is 11.3. The lowest BCUT2D eigenvalue weighted by atomic mass is 10.1. The first kappa shape index (κ1) is 11.0. The van der Waals surface area contributed by atoms with Gasteiger partial charge in [-0.2, -0.15) is 0 Å². The molecule has 0 spiro atoms. The van der Waals surface area contributed by atoms with Crippen LogP contribution < -0.4 is 5.73 Å². The molecule has 0 bridgehead atoms. The Morgan fingerprint density at radius 3 is 2.93 bits per heavy atom. The van der Waals surface area contributed by atoms with Gasteiger partial charge in [-0.1, -0.05) is 23.7 Å². The zero-order chi connectivity index (χ0) is 10.6. The van der Waals surface area contributed by atoms with Gasteiger partial charge in [0.15, 0.2) is 0 Å². The van der Waals surface area contributed by atoms with Crippen LogP contribution in [-0.4, -0.2) is 12.6 Å². The van der Waals surface area contributed by atoms with Crippen LogP contribution in [0.25, 0.3) is 0 Å². The molecular formula is C10H12ClNO2. The van der Waals surface area contributed by atoms with Crippen LogP contribution in [0.2, 0.25) is 5.02 Å². The molecule has 0 heterocycles. The number of hydrogen-bond acceptors (Lipinski definition) is 3. The fourth-order valence-electron chi connectivity index (χ4n) is 1.07. The van der Waals surface area contributed by atoms with E-state index in [2.05, 4.69) is 0 Å². The summed E-state index contributed by atoms with van der Waals surface area (Å²) >= 11 is 5.76. The molecule has 0 saturated heterocycles. The van der Waals surface area contributed by atoms with Crippen molar-refractivity contribution in [2.75, 3.05) is 6.61 Å². The third-order valence-electron chi connectivity index (χ3n) is 1.75. The average Bonchev–Trinajstić information content (AvgIpc) is 2.17. The van der Waals surface area contributed by atoms with E-state index in [1.54, 1.807) is 31.2 Å². The Hall–Kier alpha value is -1.06. The molecule has 1 unspecified atom stereocenters. The molecular weight excluding hydrogens is 202 g/mol. The summed E-state index contributed by atoms with van der Waals surface area (Å²) in [4.78, 5) is 11.3. The van der Waals surface area contributed by atoms with Crippen LogP contribution in [-0.2, 0) is 9.53 Å². The Balaban J connectivity index is 2.78. The maximum atomic E-state index is 11.3. The number of rotatable bonds is 3. The largest absolute Gasteiger partial charge is 0.465 e. The molecule has 2 N–H and O–H groups in total. The molecule has 3 nitrogen and oxygen atoms in total. The van der Waals surface area contributed by atoms with Gasteiger partial charge in [-0.25, -0.2) is 4.79 Å². The van der Waals surface area contributed by atoms with Gasteiger partial charge < -0.3 is 10.5 Å². The molecule has 0 aromatic heterocycles. The standard InChI is InChI=1S/C10H12ClNO2/c1-2-14-10(13)9(12)7-4-3-5-8(11)6-7/h3-6,9H,2,12H2,1H3. The second-order valence-electron chi connectivity index (χ2n) is 2.78. The molecule has 76 valence electrons. The monoisotopic (exact) mass is 213 g/mol. The molecule has 0 fully saturated rings. The van der Waals surface area contributed by atoms with E-state index in [0.29, 0.717) is 17.2 Å². The molecule has 0 aliphatic heterocycles. The van der Waals surface area contributed by atoms with Gasteiger partial charge in [0.1, 0.15) is 6.04 Å². The Labute approximate surface area is 87.8 Å². The normalized spacial score (nSPS) is 12.2. The summed E-state index contributed by atoms with van der Waals surface area (Å²) in [6.45, 7) is 2.07. The Morgan fingerprint density at radius 2 is 2.36 bits per heavy atom. The van der Waals surface area contributed by atoms with E-state index in [-0.39, 0.29) is 0 Å². The quantitative estimate of drug-likeness (QED) is 0.781. The van der Waals surface area contributed by atoms with Crippen molar-refractivity contribution in [3.63, 3.8) is 0 Å². The number of benzene rings is 1. The first-order valence-corrected chi connectivity index (χ1v) is 4.70. The predicted octanol–water partition coefficient (Wildman–Crippen LogP) is 1.90. The Morgan fingerprint density at radius 1 is 1.64 bits per heavy atom. The summed E-state index contributed by atoms with van der Waals surface area (Å²) in [5.74, 6) is -0.435. The van der Waals surface area contributed by atoms with Crippen molar-refractivity contribution >= 4 is 17.6 Å². The van der Waals surface area contributed by atoms with Gasteiger partial charge in [-0.3, -0.25) is 0 Å². The van der Waals surface area contributed by atoms with Crippen LogP contribution in [0.1, 0.15) is 18.5 Å². The van der Waals surface area contributed by atoms with Gasteiger partial charge in [0.05, 0.1) is 6.61 Å². The third kappa shape index (κ3) is 2.72. The minimum atomic E-state index is -0.756. The second-order valence-corrected chi connectivity index (χ2v) is 3.22. The van der Waals surface area contributed by atoms with Crippen LogP contribution in [0.15, 0.2) is 24.3 Å². The molecule has 14 heavy (non-hydrogen) atoms. The molecule has 1 atom stereocenters. The number of ether oxygens (including phenoxy) is 1. The van der Waals surface area contributed by atoms with Crippen LogP contribution in [0, 0.1) is 0 Å². The molecule has 1 aromatic carbocycles. The molecule has 0 amide bonds. The third-order valence-corrected chi connectivity index (χ3v) is 1.98. The van der Waals surface area contributed by atoms with Crippen molar-refractivity contribution in [2.24, 2.45) is 5.73 Å². The lowest BCUT2D eigenvalue weighted by molar-refractivity contribution is -0.144. The number of carbonyl (C=O) groups is 1. The summed E-state index contributed by atoms with van der Waals surface area (Å²) in [5.41, 5.74) is 6.32. The zero-order valence-corrected chi connectivity index (χ0v) is 8.62. The van der Waals surface area contributed by atoms with Gasteiger partial charge in [-0.05, 0) is 24.6 Å². The number of carbonyl (C=O) groups excluding carboxylic acids is 1. The van der Waals surface area contributed by atoms with Crippen LogP contribution in [0.3, 0.4) is 0 Å². The van der Waals surface area contributed by atoms with Gasteiger partial charge >= 0.3 is 5.97 Å². The number of halogens is 1. The Kier molecular flexibility index (Phi) is 3.92. The van der Waals surface area contributed by atoms with E-state index in [4.69, 9.17) is 22.1 Å². The van der Waals surface area contributed by atoms with E-state index in [0.717, 1.165) is 0 Å². The molecule has 1 aromatic rings. The summed E-state index contributed by atoms with van der Waals surface area (Å²) in [7, 11) is 0. The zero-order valence-electron chi connectivity index (χ0n) is 7.87.